The van der Waals surface area contributed by atoms with Gasteiger partial charge < -0.3 is 10.1 Å². The summed E-state index contributed by atoms with van der Waals surface area (Å²) >= 11 is 0. The van der Waals surface area contributed by atoms with E-state index in [9.17, 15) is 19.7 Å². The third-order valence-corrected chi connectivity index (χ3v) is 2.64. The van der Waals surface area contributed by atoms with Crippen LogP contribution >= 0.6 is 0 Å². The molecule has 1 aromatic rings. The number of hydrogen-bond donors (Lipinski definition) is 1. The Balaban J connectivity index is 2.65. The molecule has 0 radical (unpaired) electrons. The fourth-order valence-corrected chi connectivity index (χ4v) is 1.62. The standard InChI is InChI=1S/C13H16N2O5/c1-3-20-13(17)8-7-12(16)14-10-5-4-6-11(9(10)2)15(18)19/h4-6H,3,7-8H2,1-2H3,(H,14,16). The van der Waals surface area contributed by atoms with E-state index in [1.165, 1.54) is 12.1 Å². The van der Waals surface area contributed by atoms with Gasteiger partial charge >= 0.3 is 5.97 Å². The van der Waals surface area contributed by atoms with Gasteiger partial charge in [-0.25, -0.2) is 0 Å². The SMILES string of the molecule is CCOC(=O)CCC(=O)Nc1cccc([N+](=O)[O-])c1C. The number of nitrogens with zero attached hydrogens (tertiary/aromatic N) is 1. The minimum absolute atomic E-state index is 0.0202. The van der Waals surface area contributed by atoms with Crippen LogP contribution in [-0.4, -0.2) is 23.4 Å². The lowest BCUT2D eigenvalue weighted by molar-refractivity contribution is -0.385. The zero-order valence-corrected chi connectivity index (χ0v) is 11.3. The fourth-order valence-electron chi connectivity index (χ4n) is 1.62. The average Bonchev–Trinajstić information content (AvgIpc) is 2.39. The molecule has 20 heavy (non-hydrogen) atoms. The van der Waals surface area contributed by atoms with E-state index in [0.29, 0.717) is 11.3 Å². The normalized spacial score (nSPS) is 9.90. The molecule has 0 aliphatic carbocycles. The summed E-state index contributed by atoms with van der Waals surface area (Å²) in [6.45, 7) is 3.51. The van der Waals surface area contributed by atoms with Gasteiger partial charge in [0.05, 0.1) is 29.2 Å². The first-order valence-corrected chi connectivity index (χ1v) is 6.15. The molecule has 7 heteroatoms. The Kier molecular flexibility index (Phi) is 5.64. The number of ether oxygens (including phenoxy) is 1. The number of amides is 1. The van der Waals surface area contributed by atoms with Crippen LogP contribution in [0.1, 0.15) is 25.3 Å². The van der Waals surface area contributed by atoms with Crippen molar-refractivity contribution in [2.24, 2.45) is 0 Å². The van der Waals surface area contributed by atoms with E-state index in [4.69, 9.17) is 4.74 Å². The van der Waals surface area contributed by atoms with Gasteiger partial charge in [0.25, 0.3) is 5.69 Å². The Hall–Kier alpha value is -2.44. The first-order chi connectivity index (χ1) is 9.45. The van der Waals surface area contributed by atoms with Crippen molar-refractivity contribution in [2.75, 3.05) is 11.9 Å². The maximum absolute atomic E-state index is 11.7. The number of nitro groups is 1. The minimum Gasteiger partial charge on any atom is -0.466 e. The molecule has 7 nitrogen and oxygen atoms in total. The van der Waals surface area contributed by atoms with Crippen molar-refractivity contribution >= 4 is 23.3 Å². The van der Waals surface area contributed by atoms with Gasteiger partial charge in [-0.15, -0.1) is 0 Å². The van der Waals surface area contributed by atoms with E-state index >= 15 is 0 Å². The smallest absolute Gasteiger partial charge is 0.306 e. The monoisotopic (exact) mass is 280 g/mol. The predicted octanol–water partition coefficient (Wildman–Crippen LogP) is 2.19. The second-order valence-corrected chi connectivity index (χ2v) is 4.06. The number of carbonyl (C=O) groups excluding carboxylic acids is 2. The molecular formula is C13H16N2O5. The molecule has 0 fully saturated rings. The fraction of sp³-hybridized carbons (Fsp3) is 0.385. The summed E-state index contributed by atoms with van der Waals surface area (Å²) in [6.07, 6.45) is -0.0470. The van der Waals surface area contributed by atoms with Crippen LogP contribution in [0, 0.1) is 17.0 Å². The summed E-state index contributed by atoms with van der Waals surface area (Å²) in [5.41, 5.74) is 0.684. The molecule has 0 saturated carbocycles. The van der Waals surface area contributed by atoms with Crippen LogP contribution in [0.4, 0.5) is 11.4 Å². The highest BCUT2D eigenvalue weighted by Crippen LogP contribution is 2.25. The number of nitrogens with one attached hydrogen (secondary N) is 1. The third-order valence-electron chi connectivity index (χ3n) is 2.64. The van der Waals surface area contributed by atoms with Gasteiger partial charge in [-0.2, -0.15) is 0 Å². The molecule has 0 aliphatic rings. The Morgan fingerprint density at radius 3 is 2.65 bits per heavy atom. The Bertz CT molecular complexity index is 527. The van der Waals surface area contributed by atoms with Crippen LogP contribution in [0.3, 0.4) is 0 Å². The number of benzene rings is 1. The first kappa shape index (κ1) is 15.6. The summed E-state index contributed by atoms with van der Waals surface area (Å²) in [4.78, 5) is 33.1. The minimum atomic E-state index is -0.510. The topological polar surface area (TPSA) is 98.5 Å². The summed E-state index contributed by atoms with van der Waals surface area (Å²) in [6, 6.07) is 4.43. The molecule has 0 bridgehead atoms. The first-order valence-electron chi connectivity index (χ1n) is 6.15. The number of hydrogen-bond acceptors (Lipinski definition) is 5. The Morgan fingerprint density at radius 2 is 2.05 bits per heavy atom. The van der Waals surface area contributed by atoms with Gasteiger partial charge in [0.2, 0.25) is 5.91 Å². The van der Waals surface area contributed by atoms with Crippen LogP contribution < -0.4 is 5.32 Å². The van der Waals surface area contributed by atoms with Gasteiger partial charge in [0, 0.05) is 12.5 Å². The van der Waals surface area contributed by atoms with E-state index in [-0.39, 0.29) is 31.0 Å². The zero-order chi connectivity index (χ0) is 15.1. The van der Waals surface area contributed by atoms with Crippen molar-refractivity contribution in [3.8, 4) is 0 Å². The highest BCUT2D eigenvalue weighted by molar-refractivity contribution is 5.93. The van der Waals surface area contributed by atoms with Crippen molar-refractivity contribution in [1.82, 2.24) is 0 Å². The van der Waals surface area contributed by atoms with E-state index in [1.807, 2.05) is 0 Å². The third kappa shape index (κ3) is 4.34. The van der Waals surface area contributed by atoms with E-state index in [2.05, 4.69) is 5.32 Å². The lowest BCUT2D eigenvalue weighted by Crippen LogP contribution is -2.15. The average molecular weight is 280 g/mol. The van der Waals surface area contributed by atoms with Crippen molar-refractivity contribution in [3.05, 3.63) is 33.9 Å². The Morgan fingerprint density at radius 1 is 1.35 bits per heavy atom. The highest BCUT2D eigenvalue weighted by atomic mass is 16.6. The lowest BCUT2D eigenvalue weighted by atomic mass is 10.1. The highest BCUT2D eigenvalue weighted by Gasteiger charge is 2.15. The molecule has 0 aromatic heterocycles. The van der Waals surface area contributed by atoms with E-state index in [1.54, 1.807) is 19.9 Å². The molecular weight excluding hydrogens is 264 g/mol. The molecule has 0 atom stereocenters. The molecule has 108 valence electrons. The molecule has 0 spiro atoms. The van der Waals surface area contributed by atoms with Gasteiger partial charge in [-0.05, 0) is 19.9 Å². The summed E-state index contributed by atoms with van der Waals surface area (Å²) < 4.78 is 4.71. The van der Waals surface area contributed by atoms with Gasteiger partial charge in [-0.1, -0.05) is 6.07 Å². The van der Waals surface area contributed by atoms with E-state index in [0.717, 1.165) is 0 Å². The number of esters is 1. The Labute approximate surface area is 116 Å². The number of rotatable bonds is 6. The largest absolute Gasteiger partial charge is 0.466 e. The maximum atomic E-state index is 11.7. The molecule has 1 rings (SSSR count). The lowest BCUT2D eigenvalue weighted by Gasteiger charge is -2.08. The summed E-state index contributed by atoms with van der Waals surface area (Å²) in [7, 11) is 0. The van der Waals surface area contributed by atoms with Crippen LogP contribution in [0.15, 0.2) is 18.2 Å². The molecule has 0 aliphatic heterocycles. The summed E-state index contributed by atoms with van der Waals surface area (Å²) in [5, 5.41) is 13.3. The quantitative estimate of drug-likeness (QED) is 0.489. The van der Waals surface area contributed by atoms with Crippen LogP contribution in [0.5, 0.6) is 0 Å². The van der Waals surface area contributed by atoms with Crippen molar-refractivity contribution in [1.29, 1.82) is 0 Å². The number of nitro benzene ring substituents is 1. The molecule has 1 amide bonds. The molecule has 1 aromatic carbocycles. The molecule has 0 unspecified atom stereocenters. The van der Waals surface area contributed by atoms with Crippen molar-refractivity contribution in [2.45, 2.75) is 26.7 Å². The van der Waals surface area contributed by atoms with Gasteiger partial charge in [0.1, 0.15) is 0 Å². The van der Waals surface area contributed by atoms with Gasteiger partial charge in [-0.3, -0.25) is 19.7 Å². The summed E-state index contributed by atoms with van der Waals surface area (Å²) in [5.74, 6) is -0.833. The van der Waals surface area contributed by atoms with Crippen LogP contribution in [0.25, 0.3) is 0 Å². The predicted molar refractivity (Wildman–Crippen MR) is 72.3 cm³/mol. The number of carbonyl (C=O) groups is 2. The molecule has 0 heterocycles. The zero-order valence-electron chi connectivity index (χ0n) is 11.3. The van der Waals surface area contributed by atoms with E-state index < -0.39 is 10.9 Å². The van der Waals surface area contributed by atoms with Crippen molar-refractivity contribution in [3.63, 3.8) is 0 Å². The number of anilines is 1. The van der Waals surface area contributed by atoms with Crippen LogP contribution in [0.2, 0.25) is 0 Å². The molecule has 0 saturated heterocycles. The van der Waals surface area contributed by atoms with Crippen LogP contribution in [-0.2, 0) is 14.3 Å². The second kappa shape index (κ2) is 7.22. The molecule has 1 N–H and O–H groups in total. The van der Waals surface area contributed by atoms with Gasteiger partial charge in [0.15, 0.2) is 0 Å². The second-order valence-electron chi connectivity index (χ2n) is 4.06. The van der Waals surface area contributed by atoms with Crippen molar-refractivity contribution < 1.29 is 19.2 Å². The maximum Gasteiger partial charge on any atom is 0.306 e.